The molecule has 0 amide bonds. The van der Waals surface area contributed by atoms with Gasteiger partial charge in [0.1, 0.15) is 11.3 Å². The van der Waals surface area contributed by atoms with Gasteiger partial charge in [-0.1, -0.05) is 170 Å². The Labute approximate surface area is 343 Å². The Morgan fingerprint density at radius 3 is 1.69 bits per heavy atom. The average molecular weight is 754 g/mol. The second kappa shape index (κ2) is 14.1. The predicted molar refractivity (Wildman–Crippen MR) is 252 cm³/mol. The fourth-order valence-corrected chi connectivity index (χ4v) is 9.28. The lowest BCUT2D eigenvalue weighted by molar-refractivity contribution is 0.604. The number of allylic oxidation sites excluding steroid dienone is 1. The van der Waals surface area contributed by atoms with Gasteiger partial charge >= 0.3 is 0 Å². The van der Waals surface area contributed by atoms with Crippen molar-refractivity contribution in [3.8, 4) is 50.2 Å². The maximum absolute atomic E-state index is 6.47. The number of benzene rings is 9. The van der Waals surface area contributed by atoms with Gasteiger partial charge in [0.25, 0.3) is 0 Å². The SMILES string of the molecule is C=Cc1c(/C=C\C)oc2c(-c3ccc4c(c3)c3ccccc3n4-c3ccc(-c4ccc5c(-c6ccccc6)c6ccccc6c(-c6ccccc6)c5c4)cc3)cccc12. The minimum absolute atomic E-state index is 0.830. The quantitative estimate of drug-likeness (QED) is 0.148. The van der Waals surface area contributed by atoms with E-state index in [0.717, 1.165) is 44.6 Å². The first kappa shape index (κ1) is 34.6. The Balaban J connectivity index is 1.05. The fourth-order valence-electron chi connectivity index (χ4n) is 9.28. The Hall–Kier alpha value is -7.68. The molecule has 59 heavy (non-hydrogen) atoms. The zero-order chi connectivity index (χ0) is 39.5. The number of hydrogen-bond acceptors (Lipinski definition) is 1. The van der Waals surface area contributed by atoms with Crippen molar-refractivity contribution in [2.45, 2.75) is 6.92 Å². The van der Waals surface area contributed by atoms with Crippen LogP contribution in [0.15, 0.2) is 205 Å². The summed E-state index contributed by atoms with van der Waals surface area (Å²) in [6, 6.07) is 68.4. The Bertz CT molecular complexity index is 3440. The first-order valence-electron chi connectivity index (χ1n) is 20.2. The van der Waals surface area contributed by atoms with Crippen LogP contribution in [0.5, 0.6) is 0 Å². The summed E-state index contributed by atoms with van der Waals surface area (Å²) < 4.78 is 8.86. The molecule has 2 heterocycles. The van der Waals surface area contributed by atoms with Crippen molar-refractivity contribution >= 4 is 66.5 Å². The van der Waals surface area contributed by atoms with E-state index in [1.165, 1.54) is 71.2 Å². The van der Waals surface area contributed by atoms with Gasteiger partial charge in [0, 0.05) is 33.0 Å². The predicted octanol–water partition coefficient (Wildman–Crippen LogP) is 16.2. The maximum atomic E-state index is 6.47. The molecule has 0 saturated heterocycles. The highest BCUT2D eigenvalue weighted by Crippen LogP contribution is 2.45. The number of hydrogen-bond donors (Lipinski definition) is 0. The van der Waals surface area contributed by atoms with Crippen molar-refractivity contribution in [1.82, 2.24) is 4.57 Å². The third-order valence-electron chi connectivity index (χ3n) is 11.9. The van der Waals surface area contributed by atoms with Gasteiger partial charge in [-0.2, -0.15) is 0 Å². The molecule has 278 valence electrons. The summed E-state index contributed by atoms with van der Waals surface area (Å²) in [6.45, 7) is 6.09. The van der Waals surface area contributed by atoms with E-state index >= 15 is 0 Å². The van der Waals surface area contributed by atoms with Crippen LogP contribution in [0.1, 0.15) is 18.2 Å². The lowest BCUT2D eigenvalue weighted by Gasteiger charge is -2.19. The standard InChI is InChI=1S/C57H39NO/c1-3-16-54-43(4-2)49-25-15-24-44(57(49)59-54)41-30-34-53-50(36-41)45-21-13-14-26-52(45)58(53)42-31-27-37(28-32-42)40-29-33-48-51(35-40)56(39-19-9-6-10-20-39)47-23-12-11-22-46(47)55(48)38-17-7-5-8-18-38/h3-36H,2H2,1H3/b16-3-. The van der Waals surface area contributed by atoms with Crippen molar-refractivity contribution in [1.29, 1.82) is 0 Å². The summed E-state index contributed by atoms with van der Waals surface area (Å²) in [5.41, 5.74) is 14.9. The summed E-state index contributed by atoms with van der Waals surface area (Å²) >= 11 is 0. The molecule has 0 bridgehead atoms. The topological polar surface area (TPSA) is 18.1 Å². The molecule has 0 N–H and O–H groups in total. The summed E-state index contributed by atoms with van der Waals surface area (Å²) in [5.74, 6) is 0.830. The van der Waals surface area contributed by atoms with E-state index in [4.69, 9.17) is 4.42 Å². The number of aromatic nitrogens is 1. The molecule has 0 atom stereocenters. The Morgan fingerprint density at radius 2 is 1.00 bits per heavy atom. The molecular formula is C57H39NO. The smallest absolute Gasteiger partial charge is 0.143 e. The van der Waals surface area contributed by atoms with Gasteiger partial charge < -0.3 is 8.98 Å². The number of nitrogens with zero attached hydrogens (tertiary/aromatic N) is 1. The van der Waals surface area contributed by atoms with E-state index in [0.29, 0.717) is 0 Å². The minimum atomic E-state index is 0.830. The third-order valence-corrected chi connectivity index (χ3v) is 11.9. The van der Waals surface area contributed by atoms with Crippen molar-refractivity contribution in [2.75, 3.05) is 0 Å². The average Bonchev–Trinajstić information content (AvgIpc) is 3.83. The number of rotatable bonds is 7. The molecule has 0 saturated carbocycles. The Kier molecular flexibility index (Phi) is 8.23. The monoisotopic (exact) mass is 753 g/mol. The normalized spacial score (nSPS) is 11.8. The molecule has 0 aliphatic carbocycles. The first-order valence-corrected chi connectivity index (χ1v) is 20.2. The molecular weight excluding hydrogens is 715 g/mol. The van der Waals surface area contributed by atoms with Crippen LogP contribution in [0, 0.1) is 0 Å². The van der Waals surface area contributed by atoms with E-state index < -0.39 is 0 Å². The lowest BCUT2D eigenvalue weighted by Crippen LogP contribution is -1.94. The zero-order valence-electron chi connectivity index (χ0n) is 32.7. The van der Waals surface area contributed by atoms with E-state index in [1.54, 1.807) is 0 Å². The molecule has 2 nitrogen and oxygen atoms in total. The van der Waals surface area contributed by atoms with E-state index in [-0.39, 0.29) is 0 Å². The van der Waals surface area contributed by atoms with Gasteiger partial charge in [0.05, 0.1) is 11.0 Å². The van der Waals surface area contributed by atoms with Crippen LogP contribution in [0.4, 0.5) is 0 Å². The summed E-state index contributed by atoms with van der Waals surface area (Å²) in [5, 5.41) is 8.50. The van der Waals surface area contributed by atoms with Crippen molar-refractivity contribution in [3.05, 3.63) is 212 Å². The van der Waals surface area contributed by atoms with Crippen LogP contribution in [-0.4, -0.2) is 4.57 Å². The number of para-hydroxylation sites is 2. The molecule has 11 aromatic rings. The molecule has 0 unspecified atom stereocenters. The fraction of sp³-hybridized carbons (Fsp3) is 0.0175. The highest BCUT2D eigenvalue weighted by Gasteiger charge is 2.19. The minimum Gasteiger partial charge on any atom is -0.455 e. The molecule has 11 rings (SSSR count). The number of furan rings is 1. The van der Waals surface area contributed by atoms with E-state index in [1.807, 2.05) is 25.2 Å². The zero-order valence-corrected chi connectivity index (χ0v) is 32.7. The van der Waals surface area contributed by atoms with E-state index in [2.05, 4.69) is 199 Å². The van der Waals surface area contributed by atoms with Crippen LogP contribution < -0.4 is 0 Å². The Morgan fingerprint density at radius 1 is 0.441 bits per heavy atom. The van der Waals surface area contributed by atoms with Gasteiger partial charge in [-0.05, 0) is 110 Å². The molecule has 0 radical (unpaired) electrons. The van der Waals surface area contributed by atoms with Gasteiger partial charge in [0.15, 0.2) is 0 Å². The summed E-state index contributed by atoms with van der Waals surface area (Å²) in [6.07, 6.45) is 5.90. The van der Waals surface area contributed by atoms with Gasteiger partial charge in [0.2, 0.25) is 0 Å². The van der Waals surface area contributed by atoms with Gasteiger partial charge in [-0.3, -0.25) is 0 Å². The van der Waals surface area contributed by atoms with Crippen LogP contribution in [0.2, 0.25) is 0 Å². The highest BCUT2D eigenvalue weighted by molar-refractivity contribution is 6.22. The lowest BCUT2D eigenvalue weighted by atomic mass is 9.85. The summed E-state index contributed by atoms with van der Waals surface area (Å²) in [4.78, 5) is 0. The van der Waals surface area contributed by atoms with Crippen LogP contribution in [0.25, 0.3) is 117 Å². The molecule has 0 fully saturated rings. The molecule has 9 aromatic carbocycles. The summed E-state index contributed by atoms with van der Waals surface area (Å²) in [7, 11) is 0. The van der Waals surface area contributed by atoms with Gasteiger partial charge in [-0.25, -0.2) is 0 Å². The largest absolute Gasteiger partial charge is 0.455 e. The van der Waals surface area contributed by atoms with Crippen LogP contribution >= 0.6 is 0 Å². The third kappa shape index (κ3) is 5.56. The molecule has 0 aliphatic heterocycles. The number of fused-ring (bicyclic) bond motifs is 6. The van der Waals surface area contributed by atoms with Crippen molar-refractivity contribution < 1.29 is 4.42 Å². The highest BCUT2D eigenvalue weighted by atomic mass is 16.3. The molecule has 0 spiro atoms. The van der Waals surface area contributed by atoms with Crippen LogP contribution in [-0.2, 0) is 0 Å². The van der Waals surface area contributed by atoms with Crippen molar-refractivity contribution in [2.24, 2.45) is 0 Å². The first-order chi connectivity index (χ1) is 29.2. The second-order valence-electron chi connectivity index (χ2n) is 15.2. The van der Waals surface area contributed by atoms with Gasteiger partial charge in [-0.15, -0.1) is 0 Å². The molecule has 0 aliphatic rings. The van der Waals surface area contributed by atoms with Crippen LogP contribution in [0.3, 0.4) is 0 Å². The molecule has 2 heteroatoms. The maximum Gasteiger partial charge on any atom is 0.143 e. The second-order valence-corrected chi connectivity index (χ2v) is 15.2. The molecule has 2 aromatic heterocycles. The van der Waals surface area contributed by atoms with E-state index in [9.17, 15) is 0 Å². The van der Waals surface area contributed by atoms with Crippen molar-refractivity contribution in [3.63, 3.8) is 0 Å².